The van der Waals surface area contributed by atoms with Crippen molar-refractivity contribution in [2.24, 2.45) is 0 Å². The summed E-state index contributed by atoms with van der Waals surface area (Å²) in [7, 11) is 0. The summed E-state index contributed by atoms with van der Waals surface area (Å²) in [5, 5.41) is 0.764. The summed E-state index contributed by atoms with van der Waals surface area (Å²) in [6.07, 6.45) is 5.53. The molecule has 3 heterocycles. The van der Waals surface area contributed by atoms with E-state index in [2.05, 4.69) is 52.8 Å². The molecule has 0 aliphatic carbocycles. The quantitative estimate of drug-likeness (QED) is 0.828. The summed E-state index contributed by atoms with van der Waals surface area (Å²) in [6.45, 7) is 7.62. The summed E-state index contributed by atoms with van der Waals surface area (Å²) in [5.41, 5.74) is 1.57. The average Bonchev–Trinajstić information content (AvgIpc) is 2.90. The molecule has 2 saturated heterocycles. The fourth-order valence-corrected chi connectivity index (χ4v) is 5.63. The van der Waals surface area contributed by atoms with E-state index in [0.29, 0.717) is 0 Å². The highest BCUT2D eigenvalue weighted by Gasteiger charge is 2.34. The molecule has 3 aliphatic heterocycles. The molecule has 2 nitrogen and oxygen atoms in total. The molecule has 0 N–H and O–H groups in total. The third-order valence-electron chi connectivity index (χ3n) is 5.47. The molecule has 0 amide bonds. The van der Waals surface area contributed by atoms with E-state index in [1.54, 1.807) is 5.56 Å². The van der Waals surface area contributed by atoms with Gasteiger partial charge in [-0.15, -0.1) is 11.8 Å². The maximum Gasteiger partial charge on any atom is 0.0263 e. The van der Waals surface area contributed by atoms with Crippen molar-refractivity contribution in [3.63, 3.8) is 0 Å². The van der Waals surface area contributed by atoms with Gasteiger partial charge in [-0.3, -0.25) is 9.80 Å². The first-order chi connectivity index (χ1) is 10.3. The van der Waals surface area contributed by atoms with Gasteiger partial charge in [0.1, 0.15) is 0 Å². The van der Waals surface area contributed by atoms with Crippen molar-refractivity contribution in [2.45, 2.75) is 54.8 Å². The van der Waals surface area contributed by atoms with Crippen molar-refractivity contribution in [2.75, 3.05) is 26.2 Å². The van der Waals surface area contributed by atoms with E-state index in [-0.39, 0.29) is 0 Å². The Morgan fingerprint density at radius 3 is 3.00 bits per heavy atom. The van der Waals surface area contributed by atoms with Crippen LogP contribution in [0, 0.1) is 0 Å². The highest BCUT2D eigenvalue weighted by Crippen LogP contribution is 2.37. The standard InChI is InChI=1S/C18H26N2S/c1-14-11-19-9-5-4-7-16(19)12-20(14)13-17-10-15-6-2-3-8-18(15)21-17/h2-3,6,8,14,16-17H,4-5,7,9-13H2,1H3. The topological polar surface area (TPSA) is 6.48 Å². The highest BCUT2D eigenvalue weighted by molar-refractivity contribution is 8.00. The van der Waals surface area contributed by atoms with Crippen LogP contribution >= 0.6 is 11.8 Å². The first-order valence-electron chi connectivity index (χ1n) is 8.52. The van der Waals surface area contributed by atoms with Gasteiger partial charge in [-0.25, -0.2) is 0 Å². The van der Waals surface area contributed by atoms with Crippen molar-refractivity contribution in [3.05, 3.63) is 29.8 Å². The van der Waals surface area contributed by atoms with Crippen LogP contribution in [0.1, 0.15) is 31.7 Å². The molecule has 0 radical (unpaired) electrons. The van der Waals surface area contributed by atoms with E-state index in [4.69, 9.17) is 0 Å². The number of rotatable bonds is 2. The zero-order valence-electron chi connectivity index (χ0n) is 13.0. The molecular formula is C18H26N2S. The molecule has 3 aliphatic rings. The molecule has 0 spiro atoms. The lowest BCUT2D eigenvalue weighted by Crippen LogP contribution is -2.59. The second kappa shape index (κ2) is 5.94. The SMILES string of the molecule is CC1CN2CCCCC2CN1CC1Cc2ccccc2S1. The van der Waals surface area contributed by atoms with Gasteiger partial charge in [0.15, 0.2) is 0 Å². The molecule has 3 unspecified atom stereocenters. The predicted molar refractivity (Wildman–Crippen MR) is 90.0 cm³/mol. The van der Waals surface area contributed by atoms with E-state index >= 15 is 0 Å². The summed E-state index contributed by atoms with van der Waals surface area (Å²) in [6, 6.07) is 10.5. The van der Waals surface area contributed by atoms with Crippen molar-refractivity contribution in [1.82, 2.24) is 9.80 Å². The molecular weight excluding hydrogens is 276 g/mol. The normalized spacial score (nSPS) is 33.7. The minimum Gasteiger partial charge on any atom is -0.298 e. The fourth-order valence-electron chi connectivity index (χ4n) is 4.28. The largest absolute Gasteiger partial charge is 0.298 e. The van der Waals surface area contributed by atoms with Crippen molar-refractivity contribution >= 4 is 11.8 Å². The Bertz CT molecular complexity index is 479. The number of fused-ring (bicyclic) bond motifs is 2. The van der Waals surface area contributed by atoms with Crippen LogP contribution in [0.3, 0.4) is 0 Å². The molecule has 114 valence electrons. The minimum absolute atomic E-state index is 0.726. The van der Waals surface area contributed by atoms with Crippen LogP contribution in [-0.2, 0) is 6.42 Å². The van der Waals surface area contributed by atoms with Gasteiger partial charge in [-0.05, 0) is 44.4 Å². The molecule has 0 aromatic heterocycles. The first-order valence-corrected chi connectivity index (χ1v) is 9.40. The third kappa shape index (κ3) is 2.88. The van der Waals surface area contributed by atoms with E-state index in [9.17, 15) is 0 Å². The molecule has 0 bridgehead atoms. The lowest BCUT2D eigenvalue weighted by molar-refractivity contribution is 0.0158. The molecule has 21 heavy (non-hydrogen) atoms. The van der Waals surface area contributed by atoms with E-state index < -0.39 is 0 Å². The maximum atomic E-state index is 2.77. The molecule has 1 aromatic carbocycles. The lowest BCUT2D eigenvalue weighted by Gasteiger charge is -2.48. The zero-order chi connectivity index (χ0) is 14.2. The average molecular weight is 302 g/mol. The second-order valence-electron chi connectivity index (χ2n) is 7.00. The van der Waals surface area contributed by atoms with Gasteiger partial charge < -0.3 is 0 Å². The van der Waals surface area contributed by atoms with Crippen LogP contribution in [-0.4, -0.2) is 53.3 Å². The number of nitrogens with zero attached hydrogens (tertiary/aromatic N) is 2. The number of thioether (sulfide) groups is 1. The Balaban J connectivity index is 1.39. The maximum absolute atomic E-state index is 2.77. The minimum atomic E-state index is 0.726. The Labute approximate surface area is 132 Å². The zero-order valence-corrected chi connectivity index (χ0v) is 13.8. The van der Waals surface area contributed by atoms with Crippen molar-refractivity contribution in [1.29, 1.82) is 0 Å². The molecule has 2 fully saturated rings. The smallest absolute Gasteiger partial charge is 0.0263 e. The van der Waals surface area contributed by atoms with E-state index in [0.717, 1.165) is 17.3 Å². The number of hydrogen-bond donors (Lipinski definition) is 0. The summed E-state index contributed by atoms with van der Waals surface area (Å²) >= 11 is 2.11. The molecule has 0 saturated carbocycles. The van der Waals surface area contributed by atoms with Crippen LogP contribution in [0.2, 0.25) is 0 Å². The van der Waals surface area contributed by atoms with Gasteiger partial charge in [-0.1, -0.05) is 24.6 Å². The highest BCUT2D eigenvalue weighted by atomic mass is 32.2. The van der Waals surface area contributed by atoms with Crippen LogP contribution in [0.15, 0.2) is 29.2 Å². The molecule has 4 rings (SSSR count). The van der Waals surface area contributed by atoms with Crippen LogP contribution in [0.25, 0.3) is 0 Å². The van der Waals surface area contributed by atoms with Crippen molar-refractivity contribution in [3.8, 4) is 0 Å². The van der Waals surface area contributed by atoms with Gasteiger partial charge in [0.05, 0.1) is 0 Å². The molecule has 3 atom stereocenters. The summed E-state index contributed by atoms with van der Waals surface area (Å²) < 4.78 is 0. The van der Waals surface area contributed by atoms with Gasteiger partial charge in [0.2, 0.25) is 0 Å². The Kier molecular flexibility index (Phi) is 3.99. The van der Waals surface area contributed by atoms with Gasteiger partial charge >= 0.3 is 0 Å². The Morgan fingerprint density at radius 2 is 2.10 bits per heavy atom. The van der Waals surface area contributed by atoms with E-state index in [1.165, 1.54) is 56.8 Å². The van der Waals surface area contributed by atoms with Gasteiger partial charge in [0.25, 0.3) is 0 Å². The number of benzene rings is 1. The van der Waals surface area contributed by atoms with Crippen LogP contribution in [0.5, 0.6) is 0 Å². The van der Waals surface area contributed by atoms with Crippen LogP contribution < -0.4 is 0 Å². The number of piperidine rings is 1. The summed E-state index contributed by atoms with van der Waals surface area (Å²) in [5.74, 6) is 0. The van der Waals surface area contributed by atoms with Gasteiger partial charge in [-0.2, -0.15) is 0 Å². The third-order valence-corrected chi connectivity index (χ3v) is 6.77. The Hall–Kier alpha value is -0.510. The van der Waals surface area contributed by atoms with Gasteiger partial charge in [0, 0.05) is 41.9 Å². The second-order valence-corrected chi connectivity index (χ2v) is 8.34. The van der Waals surface area contributed by atoms with Crippen molar-refractivity contribution < 1.29 is 0 Å². The lowest BCUT2D eigenvalue weighted by atomic mass is 9.97. The molecule has 1 aromatic rings. The van der Waals surface area contributed by atoms with E-state index in [1.807, 2.05) is 0 Å². The number of hydrogen-bond acceptors (Lipinski definition) is 3. The fraction of sp³-hybridized carbons (Fsp3) is 0.667. The Morgan fingerprint density at radius 1 is 1.19 bits per heavy atom. The predicted octanol–water partition coefficient (Wildman–Crippen LogP) is 3.26. The summed E-state index contributed by atoms with van der Waals surface area (Å²) in [4.78, 5) is 7.04. The number of piperazine rings is 1. The first kappa shape index (κ1) is 14.1. The molecule has 3 heteroatoms. The van der Waals surface area contributed by atoms with Crippen LogP contribution in [0.4, 0.5) is 0 Å². The monoisotopic (exact) mass is 302 g/mol.